The number of esters is 1. The molecule has 0 bridgehead atoms. The smallest absolute Gasteiger partial charge is 0.331 e. The molecule has 0 fully saturated rings. The number of carbonyl (C=O) groups is 2. The zero-order valence-corrected chi connectivity index (χ0v) is 12.9. The number of ether oxygens (including phenoxy) is 1. The Balaban J connectivity index is 2.20. The van der Waals surface area contributed by atoms with Crippen molar-refractivity contribution in [2.75, 3.05) is 31.1 Å². The van der Waals surface area contributed by atoms with Crippen LogP contribution in [0.15, 0.2) is 43.5 Å². The highest BCUT2D eigenvalue weighted by atomic mass is 35.5. The number of carbonyl (C=O) groups excluding carboxylic acids is 2. The Morgan fingerprint density at radius 3 is 2.68 bits per heavy atom. The van der Waals surface area contributed by atoms with Crippen LogP contribution in [0.2, 0.25) is 5.02 Å². The zero-order valence-electron chi connectivity index (χ0n) is 12.1. The number of anilines is 1. The normalized spacial score (nSPS) is 13.1. The molecule has 0 spiro atoms. The van der Waals surface area contributed by atoms with Crippen molar-refractivity contribution in [2.24, 2.45) is 0 Å². The Morgan fingerprint density at radius 1 is 1.36 bits per heavy atom. The predicted molar refractivity (Wildman–Crippen MR) is 86.3 cm³/mol. The van der Waals surface area contributed by atoms with Crippen LogP contribution in [0.25, 0.3) is 0 Å². The summed E-state index contributed by atoms with van der Waals surface area (Å²) in [5.41, 5.74) is 0.637. The number of halogens is 1. The minimum atomic E-state index is -0.401. The predicted octanol–water partition coefficient (Wildman–Crippen LogP) is 2.27. The lowest BCUT2D eigenvalue weighted by Gasteiger charge is -2.31. The minimum absolute atomic E-state index is 0.00903. The molecule has 6 heteroatoms. The summed E-state index contributed by atoms with van der Waals surface area (Å²) in [6, 6.07) is 4.94. The summed E-state index contributed by atoms with van der Waals surface area (Å²) >= 11 is 5.99. The van der Waals surface area contributed by atoms with E-state index in [1.165, 1.54) is 0 Å². The number of hydrogen-bond acceptors (Lipinski definition) is 4. The van der Waals surface area contributed by atoms with E-state index in [0.717, 1.165) is 0 Å². The van der Waals surface area contributed by atoms with Crippen LogP contribution in [0, 0.1) is 0 Å². The summed E-state index contributed by atoms with van der Waals surface area (Å²) in [4.78, 5) is 27.3. The summed E-state index contributed by atoms with van der Waals surface area (Å²) < 4.78 is 5.16. The Morgan fingerprint density at radius 2 is 2.05 bits per heavy atom. The Bertz CT molecular complexity index is 605. The third-order valence-corrected chi connectivity index (χ3v) is 3.42. The van der Waals surface area contributed by atoms with Crippen LogP contribution in [0.3, 0.4) is 0 Å². The van der Waals surface area contributed by atoms with Gasteiger partial charge in [-0.15, -0.1) is 13.2 Å². The van der Waals surface area contributed by atoms with Crippen molar-refractivity contribution in [2.45, 2.75) is 0 Å². The highest BCUT2D eigenvalue weighted by Gasteiger charge is 2.27. The van der Waals surface area contributed by atoms with Crippen LogP contribution in [0.1, 0.15) is 0 Å². The minimum Gasteiger partial charge on any atom is -0.423 e. The number of benzene rings is 1. The first kappa shape index (κ1) is 16.1. The molecule has 116 valence electrons. The van der Waals surface area contributed by atoms with Gasteiger partial charge in [-0.1, -0.05) is 23.8 Å². The monoisotopic (exact) mass is 320 g/mol. The second-order valence-electron chi connectivity index (χ2n) is 4.82. The third-order valence-electron chi connectivity index (χ3n) is 3.18. The summed E-state index contributed by atoms with van der Waals surface area (Å²) in [7, 11) is 0. The number of amides is 1. The summed E-state index contributed by atoms with van der Waals surface area (Å²) in [5, 5.41) is 0.517. The molecular formula is C16H17ClN2O3. The SMILES string of the molecule is C=CCN(CC=C)C(=O)CN1CC(=O)Oc2ccc(Cl)cc21. The van der Waals surface area contributed by atoms with Crippen LogP contribution >= 0.6 is 11.6 Å². The first-order chi connectivity index (χ1) is 10.5. The van der Waals surface area contributed by atoms with Crippen molar-refractivity contribution in [3.05, 3.63) is 48.5 Å². The number of hydrogen-bond donors (Lipinski definition) is 0. The summed E-state index contributed by atoms with van der Waals surface area (Å²) in [5.74, 6) is -0.116. The highest BCUT2D eigenvalue weighted by molar-refractivity contribution is 6.31. The van der Waals surface area contributed by atoms with Crippen LogP contribution in [-0.4, -0.2) is 43.0 Å². The van der Waals surface area contributed by atoms with E-state index in [4.69, 9.17) is 16.3 Å². The molecule has 22 heavy (non-hydrogen) atoms. The van der Waals surface area contributed by atoms with Gasteiger partial charge >= 0.3 is 5.97 Å². The van der Waals surface area contributed by atoms with Gasteiger partial charge in [0.05, 0.1) is 12.2 Å². The fourth-order valence-corrected chi connectivity index (χ4v) is 2.38. The van der Waals surface area contributed by atoms with Gasteiger partial charge in [-0.3, -0.25) is 4.79 Å². The van der Waals surface area contributed by atoms with E-state index in [0.29, 0.717) is 29.5 Å². The molecule has 0 aromatic heterocycles. The van der Waals surface area contributed by atoms with E-state index >= 15 is 0 Å². The van der Waals surface area contributed by atoms with E-state index in [9.17, 15) is 9.59 Å². The number of nitrogens with zero attached hydrogens (tertiary/aromatic N) is 2. The highest BCUT2D eigenvalue weighted by Crippen LogP contribution is 2.34. The summed E-state index contributed by atoms with van der Waals surface area (Å²) in [6.45, 7) is 8.19. The average molecular weight is 321 g/mol. The fraction of sp³-hybridized carbons (Fsp3) is 0.250. The topological polar surface area (TPSA) is 49.9 Å². The fourth-order valence-electron chi connectivity index (χ4n) is 2.21. The first-order valence-corrected chi connectivity index (χ1v) is 7.17. The van der Waals surface area contributed by atoms with E-state index in [1.54, 1.807) is 40.2 Å². The van der Waals surface area contributed by atoms with Crippen molar-refractivity contribution in [3.8, 4) is 5.75 Å². The maximum absolute atomic E-state index is 12.4. The van der Waals surface area contributed by atoms with Gasteiger partial charge in [0.25, 0.3) is 0 Å². The Kier molecular flexibility index (Phi) is 5.22. The molecule has 0 saturated carbocycles. The Hall–Kier alpha value is -2.27. The van der Waals surface area contributed by atoms with Gasteiger partial charge in [0.1, 0.15) is 6.54 Å². The molecule has 1 aliphatic heterocycles. The molecule has 5 nitrogen and oxygen atoms in total. The van der Waals surface area contributed by atoms with E-state index in [1.807, 2.05) is 0 Å². The maximum atomic E-state index is 12.4. The van der Waals surface area contributed by atoms with Crippen molar-refractivity contribution >= 4 is 29.2 Å². The largest absolute Gasteiger partial charge is 0.423 e. The maximum Gasteiger partial charge on any atom is 0.331 e. The lowest BCUT2D eigenvalue weighted by Crippen LogP contribution is -2.45. The first-order valence-electron chi connectivity index (χ1n) is 6.80. The molecular weight excluding hydrogens is 304 g/mol. The molecule has 1 aliphatic rings. The molecule has 0 radical (unpaired) electrons. The molecule has 0 N–H and O–H groups in total. The molecule has 1 amide bonds. The van der Waals surface area contributed by atoms with Crippen molar-refractivity contribution < 1.29 is 14.3 Å². The van der Waals surface area contributed by atoms with Gasteiger partial charge in [-0.2, -0.15) is 0 Å². The van der Waals surface area contributed by atoms with Gasteiger partial charge in [0.2, 0.25) is 5.91 Å². The second-order valence-corrected chi connectivity index (χ2v) is 5.25. The molecule has 0 aliphatic carbocycles. The molecule has 1 aromatic carbocycles. The molecule has 0 saturated heterocycles. The number of fused-ring (bicyclic) bond motifs is 1. The van der Waals surface area contributed by atoms with Crippen molar-refractivity contribution in [1.29, 1.82) is 0 Å². The lowest BCUT2D eigenvalue weighted by atomic mass is 10.2. The molecule has 0 atom stereocenters. The van der Waals surface area contributed by atoms with Crippen LogP contribution in [-0.2, 0) is 9.59 Å². The number of rotatable bonds is 6. The zero-order chi connectivity index (χ0) is 16.1. The molecule has 1 aromatic rings. The molecule has 0 unspecified atom stereocenters. The van der Waals surface area contributed by atoms with Crippen molar-refractivity contribution in [1.82, 2.24) is 4.90 Å². The van der Waals surface area contributed by atoms with Gasteiger partial charge in [-0.05, 0) is 18.2 Å². The Labute approximate surface area is 134 Å². The standard InChI is InChI=1S/C16H17ClN2O3/c1-3-7-18(8-4-2)15(20)10-19-11-16(21)22-14-6-5-12(17)9-13(14)19/h3-6,9H,1-2,7-8,10-11H2. The summed E-state index contributed by atoms with van der Waals surface area (Å²) in [6.07, 6.45) is 3.30. The van der Waals surface area contributed by atoms with E-state index in [2.05, 4.69) is 13.2 Å². The quantitative estimate of drug-likeness (QED) is 0.458. The average Bonchev–Trinajstić information content (AvgIpc) is 2.47. The third kappa shape index (κ3) is 3.68. The van der Waals surface area contributed by atoms with Crippen LogP contribution in [0.5, 0.6) is 5.75 Å². The van der Waals surface area contributed by atoms with Crippen molar-refractivity contribution in [3.63, 3.8) is 0 Å². The van der Waals surface area contributed by atoms with E-state index in [-0.39, 0.29) is 19.0 Å². The van der Waals surface area contributed by atoms with Crippen LogP contribution < -0.4 is 9.64 Å². The van der Waals surface area contributed by atoms with E-state index < -0.39 is 5.97 Å². The molecule has 2 rings (SSSR count). The van der Waals surface area contributed by atoms with Gasteiger partial charge in [0.15, 0.2) is 5.75 Å². The lowest BCUT2D eigenvalue weighted by molar-refractivity contribution is -0.133. The van der Waals surface area contributed by atoms with Gasteiger partial charge in [0, 0.05) is 18.1 Å². The van der Waals surface area contributed by atoms with Gasteiger partial charge in [-0.25, -0.2) is 4.79 Å². The molecule has 1 heterocycles. The second kappa shape index (κ2) is 7.13. The van der Waals surface area contributed by atoms with Crippen LogP contribution in [0.4, 0.5) is 5.69 Å². The van der Waals surface area contributed by atoms with Gasteiger partial charge < -0.3 is 14.5 Å².